The first-order valence-electron chi connectivity index (χ1n) is 10.5. The van der Waals surface area contributed by atoms with Gasteiger partial charge in [-0.3, -0.25) is 13.9 Å². The smallest absolute Gasteiger partial charge is 0.244 e. The molecule has 32 heavy (non-hydrogen) atoms. The fourth-order valence-electron chi connectivity index (χ4n) is 3.31. The number of halogens is 1. The van der Waals surface area contributed by atoms with Crippen LogP contribution in [0.2, 0.25) is 0 Å². The van der Waals surface area contributed by atoms with Crippen LogP contribution in [0, 0.1) is 5.82 Å². The zero-order valence-electron chi connectivity index (χ0n) is 18.6. The van der Waals surface area contributed by atoms with Crippen LogP contribution >= 0.6 is 0 Å². The lowest BCUT2D eigenvalue weighted by molar-refractivity contribution is -0.140. The lowest BCUT2D eigenvalue weighted by Gasteiger charge is -2.32. The molecule has 0 spiro atoms. The number of hydrogen-bond donors (Lipinski definition) is 1. The van der Waals surface area contributed by atoms with Gasteiger partial charge in [0.05, 0.1) is 11.9 Å². The van der Waals surface area contributed by atoms with Gasteiger partial charge < -0.3 is 10.2 Å². The number of nitrogens with zero attached hydrogens (tertiary/aromatic N) is 2. The summed E-state index contributed by atoms with van der Waals surface area (Å²) in [6.45, 7) is 3.78. The summed E-state index contributed by atoms with van der Waals surface area (Å²) in [5, 5.41) is 2.81. The Bertz CT molecular complexity index is 1010. The third-order valence-electron chi connectivity index (χ3n) is 4.91. The highest BCUT2D eigenvalue weighted by molar-refractivity contribution is 7.92. The van der Waals surface area contributed by atoms with Crippen LogP contribution in [0.1, 0.15) is 32.3 Å². The summed E-state index contributed by atoms with van der Waals surface area (Å²) in [6.07, 6.45) is 2.06. The lowest BCUT2D eigenvalue weighted by atomic mass is 10.1. The molecule has 2 aromatic carbocycles. The van der Waals surface area contributed by atoms with Crippen molar-refractivity contribution in [3.05, 3.63) is 66.0 Å². The van der Waals surface area contributed by atoms with Crippen LogP contribution in [0.25, 0.3) is 0 Å². The number of benzene rings is 2. The van der Waals surface area contributed by atoms with Crippen LogP contribution in [0.4, 0.5) is 10.1 Å². The number of hydrogen-bond acceptors (Lipinski definition) is 4. The molecular formula is C23H30FN3O4S. The highest BCUT2D eigenvalue weighted by Gasteiger charge is 2.31. The number of nitrogens with one attached hydrogen (secondary N) is 1. The van der Waals surface area contributed by atoms with Gasteiger partial charge in [-0.05, 0) is 36.6 Å². The molecule has 2 amide bonds. The second-order valence-corrected chi connectivity index (χ2v) is 9.38. The highest BCUT2D eigenvalue weighted by Crippen LogP contribution is 2.20. The lowest BCUT2D eigenvalue weighted by Crippen LogP contribution is -2.52. The van der Waals surface area contributed by atoms with E-state index >= 15 is 0 Å². The molecule has 0 radical (unpaired) electrons. The Kier molecular flexibility index (Phi) is 9.19. The number of sulfonamides is 1. The Morgan fingerprint density at radius 2 is 1.75 bits per heavy atom. The zero-order chi connectivity index (χ0) is 23.7. The van der Waals surface area contributed by atoms with Gasteiger partial charge in [0, 0.05) is 13.1 Å². The van der Waals surface area contributed by atoms with E-state index in [1.165, 1.54) is 23.1 Å². The first-order chi connectivity index (χ1) is 15.2. The third kappa shape index (κ3) is 7.05. The maximum atomic E-state index is 13.7. The predicted molar refractivity (Wildman–Crippen MR) is 123 cm³/mol. The molecule has 0 saturated heterocycles. The fraction of sp³-hybridized carbons (Fsp3) is 0.391. The molecule has 0 aromatic heterocycles. The van der Waals surface area contributed by atoms with Crippen molar-refractivity contribution < 1.29 is 22.4 Å². The molecule has 0 heterocycles. The SMILES string of the molecule is CCCNC(=O)[C@H](CC)N(Cc1ccccc1)C(=O)CN(c1cccc(F)c1)S(C)(=O)=O. The molecule has 7 nitrogen and oxygen atoms in total. The van der Waals surface area contributed by atoms with Crippen molar-refractivity contribution in [2.75, 3.05) is 23.7 Å². The van der Waals surface area contributed by atoms with Crippen molar-refractivity contribution in [1.82, 2.24) is 10.2 Å². The monoisotopic (exact) mass is 463 g/mol. The van der Waals surface area contributed by atoms with E-state index in [1.807, 2.05) is 37.3 Å². The molecule has 9 heteroatoms. The van der Waals surface area contributed by atoms with E-state index in [1.54, 1.807) is 6.92 Å². The van der Waals surface area contributed by atoms with Crippen LogP contribution in [0.3, 0.4) is 0 Å². The summed E-state index contributed by atoms with van der Waals surface area (Å²) in [4.78, 5) is 27.6. The number of anilines is 1. The van der Waals surface area contributed by atoms with Crippen LogP contribution in [0.5, 0.6) is 0 Å². The maximum absolute atomic E-state index is 13.7. The second-order valence-electron chi connectivity index (χ2n) is 7.47. The Labute approximate surface area is 189 Å². The van der Waals surface area contributed by atoms with Gasteiger partial charge in [-0.15, -0.1) is 0 Å². The average Bonchev–Trinajstić information content (AvgIpc) is 2.75. The number of amides is 2. The van der Waals surface area contributed by atoms with Gasteiger partial charge in [-0.2, -0.15) is 0 Å². The number of carbonyl (C=O) groups excluding carboxylic acids is 2. The maximum Gasteiger partial charge on any atom is 0.244 e. The second kappa shape index (κ2) is 11.6. The summed E-state index contributed by atoms with van der Waals surface area (Å²) >= 11 is 0. The Morgan fingerprint density at radius 1 is 1.06 bits per heavy atom. The quantitative estimate of drug-likeness (QED) is 0.555. The minimum absolute atomic E-state index is 0.0454. The summed E-state index contributed by atoms with van der Waals surface area (Å²) in [7, 11) is -3.88. The van der Waals surface area contributed by atoms with Crippen LogP contribution in [-0.2, 0) is 26.2 Å². The molecule has 0 saturated carbocycles. The normalized spacial score (nSPS) is 12.1. The third-order valence-corrected chi connectivity index (χ3v) is 6.05. The van der Waals surface area contributed by atoms with Crippen molar-refractivity contribution in [1.29, 1.82) is 0 Å². The number of rotatable bonds is 11. The molecule has 2 aromatic rings. The highest BCUT2D eigenvalue weighted by atomic mass is 32.2. The van der Waals surface area contributed by atoms with Gasteiger partial charge in [-0.25, -0.2) is 12.8 Å². The largest absolute Gasteiger partial charge is 0.354 e. The van der Waals surface area contributed by atoms with Gasteiger partial charge in [0.2, 0.25) is 21.8 Å². The summed E-state index contributed by atoms with van der Waals surface area (Å²) < 4.78 is 39.4. The number of carbonyl (C=O) groups is 2. The first kappa shape index (κ1) is 25.3. The van der Waals surface area contributed by atoms with Gasteiger partial charge >= 0.3 is 0 Å². The van der Waals surface area contributed by atoms with Crippen molar-refractivity contribution in [2.24, 2.45) is 0 Å². The van der Waals surface area contributed by atoms with E-state index < -0.39 is 34.3 Å². The molecule has 174 valence electrons. The van der Waals surface area contributed by atoms with Crippen molar-refractivity contribution >= 4 is 27.5 Å². The summed E-state index contributed by atoms with van der Waals surface area (Å²) in [5.41, 5.74) is 0.850. The predicted octanol–water partition coefficient (Wildman–Crippen LogP) is 2.93. The summed E-state index contributed by atoms with van der Waals surface area (Å²) in [6, 6.07) is 13.4. The Morgan fingerprint density at radius 3 is 2.31 bits per heavy atom. The molecule has 0 bridgehead atoms. The van der Waals surface area contributed by atoms with Gasteiger partial charge in [0.15, 0.2) is 0 Å². The van der Waals surface area contributed by atoms with Gasteiger partial charge in [0.25, 0.3) is 0 Å². The van der Waals surface area contributed by atoms with E-state index in [0.717, 1.165) is 28.6 Å². The van der Waals surface area contributed by atoms with Crippen LogP contribution in [0.15, 0.2) is 54.6 Å². The molecule has 0 fully saturated rings. The minimum atomic E-state index is -3.88. The molecule has 0 aliphatic rings. The first-order valence-corrected chi connectivity index (χ1v) is 12.4. The topological polar surface area (TPSA) is 86.8 Å². The van der Waals surface area contributed by atoms with E-state index in [0.29, 0.717) is 13.0 Å². The van der Waals surface area contributed by atoms with Gasteiger partial charge in [0.1, 0.15) is 18.4 Å². The molecule has 0 aliphatic carbocycles. The van der Waals surface area contributed by atoms with Crippen LogP contribution in [-0.4, -0.2) is 50.5 Å². The average molecular weight is 464 g/mol. The van der Waals surface area contributed by atoms with E-state index in [2.05, 4.69) is 5.32 Å². The van der Waals surface area contributed by atoms with E-state index in [4.69, 9.17) is 0 Å². The molecule has 2 rings (SSSR count). The Balaban J connectivity index is 2.39. The van der Waals surface area contributed by atoms with Crippen molar-refractivity contribution in [3.8, 4) is 0 Å². The molecule has 1 atom stereocenters. The Hall–Kier alpha value is -2.94. The summed E-state index contributed by atoms with van der Waals surface area (Å²) in [5.74, 6) is -1.47. The van der Waals surface area contributed by atoms with Crippen molar-refractivity contribution in [3.63, 3.8) is 0 Å². The van der Waals surface area contributed by atoms with E-state index in [9.17, 15) is 22.4 Å². The molecule has 0 aliphatic heterocycles. The molecular weight excluding hydrogens is 433 g/mol. The van der Waals surface area contributed by atoms with Gasteiger partial charge in [-0.1, -0.05) is 50.2 Å². The zero-order valence-corrected chi connectivity index (χ0v) is 19.4. The molecule has 1 N–H and O–H groups in total. The van der Waals surface area contributed by atoms with Crippen molar-refractivity contribution in [2.45, 2.75) is 39.3 Å². The standard InChI is InChI=1S/C23H30FN3O4S/c1-4-14-25-23(29)21(5-2)26(16-18-10-7-6-8-11-18)22(28)17-27(32(3,30)31)20-13-9-12-19(24)15-20/h6-13,15,21H,4-5,14,16-17H2,1-3H3,(H,25,29)/t21-/m0/s1. The minimum Gasteiger partial charge on any atom is -0.354 e. The fourth-order valence-corrected chi connectivity index (χ4v) is 4.15. The van der Waals surface area contributed by atoms with Crippen LogP contribution < -0.4 is 9.62 Å². The molecule has 0 unspecified atom stereocenters. The van der Waals surface area contributed by atoms with E-state index in [-0.39, 0.29) is 18.1 Å².